The average molecular weight is 424 g/mol. The molecule has 1 fully saturated rings. The first kappa shape index (κ1) is 23.0. The highest BCUT2D eigenvalue weighted by atomic mass is 35.5. The summed E-state index contributed by atoms with van der Waals surface area (Å²) in [4.78, 5) is 15.7. The van der Waals surface area contributed by atoms with Crippen LogP contribution >= 0.6 is 24.8 Å². The first-order valence-electron chi connectivity index (χ1n) is 7.68. The fraction of sp³-hybridized carbons (Fsp3) is 0.294. The number of amides is 1. The number of hydrogen-bond acceptors (Lipinski definition) is 4. The minimum absolute atomic E-state index is 0. The maximum absolute atomic E-state index is 14.1. The summed E-state index contributed by atoms with van der Waals surface area (Å²) in [6.07, 6.45) is 2.49. The van der Waals surface area contributed by atoms with Crippen LogP contribution in [0.1, 0.15) is 12.0 Å². The van der Waals surface area contributed by atoms with Crippen molar-refractivity contribution in [1.82, 2.24) is 15.6 Å². The van der Waals surface area contributed by atoms with Crippen molar-refractivity contribution in [3.63, 3.8) is 0 Å². The first-order valence-corrected chi connectivity index (χ1v) is 7.68. The molecule has 1 aliphatic rings. The molecule has 3 rings (SSSR count). The number of nitrogens with one attached hydrogen (secondary N) is 2. The molecule has 1 aliphatic heterocycles. The van der Waals surface area contributed by atoms with Gasteiger partial charge in [0.15, 0.2) is 11.6 Å². The Morgan fingerprint density at radius 2 is 2.11 bits per heavy atom. The van der Waals surface area contributed by atoms with E-state index in [-0.39, 0.29) is 37.1 Å². The van der Waals surface area contributed by atoms with Crippen molar-refractivity contribution in [2.45, 2.75) is 24.9 Å². The normalized spacial score (nSPS) is 17.4. The lowest BCUT2D eigenvalue weighted by atomic mass is 10.1. The monoisotopic (exact) mass is 423 g/mol. The van der Waals surface area contributed by atoms with E-state index >= 15 is 0 Å². The van der Waals surface area contributed by atoms with E-state index < -0.39 is 36.7 Å². The Balaban J connectivity index is 0.00000182. The molecule has 1 unspecified atom stereocenters. The highest BCUT2D eigenvalue weighted by Gasteiger charge is 2.42. The summed E-state index contributed by atoms with van der Waals surface area (Å²) in [5.74, 6) is -3.58. The number of rotatable bonds is 5. The van der Waals surface area contributed by atoms with E-state index in [4.69, 9.17) is 4.74 Å². The van der Waals surface area contributed by atoms with Crippen LogP contribution in [0.15, 0.2) is 42.7 Å². The van der Waals surface area contributed by atoms with Gasteiger partial charge in [-0.15, -0.1) is 24.8 Å². The summed E-state index contributed by atoms with van der Waals surface area (Å²) in [7, 11) is 0. The number of ether oxygens (including phenoxy) is 1. The van der Waals surface area contributed by atoms with Gasteiger partial charge in [0.2, 0.25) is 5.91 Å². The van der Waals surface area contributed by atoms with E-state index in [0.717, 1.165) is 0 Å². The Hall–Kier alpha value is -2.03. The highest BCUT2D eigenvalue weighted by molar-refractivity contribution is 5.85. The largest absolute Gasteiger partial charge is 0.453 e. The van der Waals surface area contributed by atoms with Crippen molar-refractivity contribution >= 4 is 30.7 Å². The molecule has 10 heteroatoms. The van der Waals surface area contributed by atoms with E-state index in [1.54, 1.807) is 24.4 Å². The van der Waals surface area contributed by atoms with Crippen LogP contribution in [0.5, 0.6) is 11.5 Å². The van der Waals surface area contributed by atoms with Crippen LogP contribution < -0.4 is 15.4 Å². The van der Waals surface area contributed by atoms with Gasteiger partial charge in [0.25, 0.3) is 5.92 Å². The topological polar surface area (TPSA) is 63.2 Å². The molecule has 1 saturated heterocycles. The lowest BCUT2D eigenvalue weighted by Gasteiger charge is -2.12. The predicted octanol–water partition coefficient (Wildman–Crippen LogP) is 3.47. The third-order valence-electron chi connectivity index (χ3n) is 3.75. The van der Waals surface area contributed by atoms with Gasteiger partial charge in [0, 0.05) is 19.2 Å². The molecule has 1 aromatic carbocycles. The number of pyridine rings is 1. The van der Waals surface area contributed by atoms with Crippen LogP contribution in [0.2, 0.25) is 0 Å². The summed E-state index contributed by atoms with van der Waals surface area (Å²) in [6.45, 7) is -0.479. The number of carbonyl (C=O) groups is 1. The number of aromatic nitrogens is 1. The van der Waals surface area contributed by atoms with Crippen molar-refractivity contribution in [2.75, 3.05) is 6.54 Å². The molecule has 148 valence electrons. The molecule has 1 amide bonds. The summed E-state index contributed by atoms with van der Waals surface area (Å²) in [6, 6.07) is 6.62. The minimum Gasteiger partial charge on any atom is -0.453 e. The summed E-state index contributed by atoms with van der Waals surface area (Å²) in [5, 5.41) is 4.99. The van der Waals surface area contributed by atoms with E-state index in [1.165, 1.54) is 18.3 Å². The second-order valence-electron chi connectivity index (χ2n) is 5.77. The number of hydrogen-bond donors (Lipinski definition) is 2. The van der Waals surface area contributed by atoms with E-state index in [1.807, 2.05) is 0 Å². The zero-order valence-electron chi connectivity index (χ0n) is 14.0. The molecular weight excluding hydrogens is 406 g/mol. The molecule has 0 radical (unpaired) electrons. The molecule has 0 aliphatic carbocycles. The number of halogens is 5. The third kappa shape index (κ3) is 6.27. The number of benzene rings is 1. The summed E-state index contributed by atoms with van der Waals surface area (Å²) < 4.78 is 45.6. The van der Waals surface area contributed by atoms with Crippen molar-refractivity contribution in [2.24, 2.45) is 0 Å². The van der Waals surface area contributed by atoms with Crippen LogP contribution in [0.4, 0.5) is 13.2 Å². The molecule has 0 saturated carbocycles. The molecule has 1 atom stereocenters. The number of nitrogens with zero attached hydrogens (tertiary/aromatic N) is 1. The molecule has 0 bridgehead atoms. The van der Waals surface area contributed by atoms with Crippen molar-refractivity contribution in [3.05, 3.63) is 54.1 Å². The van der Waals surface area contributed by atoms with Gasteiger partial charge < -0.3 is 10.1 Å². The van der Waals surface area contributed by atoms with Gasteiger partial charge in [-0.05, 0) is 29.8 Å². The lowest BCUT2D eigenvalue weighted by Crippen LogP contribution is -2.40. The van der Waals surface area contributed by atoms with Crippen molar-refractivity contribution in [3.8, 4) is 11.5 Å². The fourth-order valence-corrected chi connectivity index (χ4v) is 2.48. The van der Waals surface area contributed by atoms with E-state index in [9.17, 15) is 18.0 Å². The SMILES string of the molecule is Cl.Cl.O=C(NCc1ccc(Oc2cccnc2)c(F)c1)C1CC(F)(F)CN1. The Bertz CT molecular complexity index is 766. The minimum atomic E-state index is -2.88. The predicted molar refractivity (Wildman–Crippen MR) is 98.4 cm³/mol. The molecular formula is C17H18Cl2F3N3O2. The lowest BCUT2D eigenvalue weighted by molar-refractivity contribution is -0.123. The summed E-state index contributed by atoms with van der Waals surface area (Å²) in [5.41, 5.74) is 0.495. The van der Waals surface area contributed by atoms with Gasteiger partial charge in [-0.1, -0.05) is 6.07 Å². The standard InChI is InChI=1S/C17H16F3N3O2.2ClH/c18-13-6-11(3-4-15(13)25-12-2-1-5-21-9-12)8-22-16(24)14-7-17(19,20)10-23-14;;/h1-6,9,14,23H,7-8,10H2,(H,22,24);2*1H. The van der Waals surface area contributed by atoms with Gasteiger partial charge >= 0.3 is 0 Å². The maximum atomic E-state index is 14.1. The Morgan fingerprint density at radius 3 is 2.70 bits per heavy atom. The van der Waals surface area contributed by atoms with Crippen molar-refractivity contribution < 1.29 is 22.7 Å². The zero-order valence-corrected chi connectivity index (χ0v) is 15.6. The maximum Gasteiger partial charge on any atom is 0.262 e. The molecule has 27 heavy (non-hydrogen) atoms. The summed E-state index contributed by atoms with van der Waals surface area (Å²) >= 11 is 0. The van der Waals surface area contributed by atoms with Gasteiger partial charge in [-0.2, -0.15) is 0 Å². The molecule has 1 aromatic heterocycles. The van der Waals surface area contributed by atoms with Crippen LogP contribution in [0.25, 0.3) is 0 Å². The number of alkyl halides is 2. The Labute approximate surface area is 166 Å². The highest BCUT2D eigenvalue weighted by Crippen LogP contribution is 2.26. The fourth-order valence-electron chi connectivity index (χ4n) is 2.48. The molecule has 2 aromatic rings. The van der Waals surface area contributed by atoms with Gasteiger partial charge in [-0.25, -0.2) is 13.2 Å². The van der Waals surface area contributed by atoms with Crippen LogP contribution in [0.3, 0.4) is 0 Å². The quantitative estimate of drug-likeness (QED) is 0.772. The third-order valence-corrected chi connectivity index (χ3v) is 3.75. The van der Waals surface area contributed by atoms with Gasteiger partial charge in [0.05, 0.1) is 18.8 Å². The second-order valence-corrected chi connectivity index (χ2v) is 5.77. The van der Waals surface area contributed by atoms with Crippen LogP contribution in [-0.4, -0.2) is 29.4 Å². The van der Waals surface area contributed by atoms with Crippen LogP contribution in [0, 0.1) is 5.82 Å². The van der Waals surface area contributed by atoms with Gasteiger partial charge in [-0.3, -0.25) is 15.1 Å². The smallest absolute Gasteiger partial charge is 0.262 e. The average Bonchev–Trinajstić information content (AvgIpc) is 2.96. The second kappa shape index (κ2) is 9.77. The van der Waals surface area contributed by atoms with E-state index in [2.05, 4.69) is 15.6 Å². The Kier molecular flexibility index (Phi) is 8.33. The number of carbonyl (C=O) groups excluding carboxylic acids is 1. The van der Waals surface area contributed by atoms with E-state index in [0.29, 0.717) is 11.3 Å². The van der Waals surface area contributed by atoms with Gasteiger partial charge in [0.1, 0.15) is 5.75 Å². The zero-order chi connectivity index (χ0) is 17.9. The van der Waals surface area contributed by atoms with Crippen LogP contribution in [-0.2, 0) is 11.3 Å². The molecule has 0 spiro atoms. The molecule has 2 N–H and O–H groups in total. The van der Waals surface area contributed by atoms with Crippen molar-refractivity contribution in [1.29, 1.82) is 0 Å². The Morgan fingerprint density at radius 1 is 1.33 bits per heavy atom. The first-order chi connectivity index (χ1) is 11.9. The molecule has 5 nitrogen and oxygen atoms in total. The molecule has 2 heterocycles.